The van der Waals surface area contributed by atoms with E-state index in [1.54, 1.807) is 12.3 Å². The number of phenols is 1. The Morgan fingerprint density at radius 1 is 1.46 bits per heavy atom. The van der Waals surface area contributed by atoms with Crippen molar-refractivity contribution < 1.29 is 5.11 Å². The topological polar surface area (TPSA) is 85.8 Å². The second-order valence-electron chi connectivity index (χ2n) is 2.74. The molecule has 0 aliphatic carbocycles. The van der Waals surface area contributed by atoms with Crippen LogP contribution in [-0.4, -0.2) is 10.1 Å². The molecular formula is C9H7N3O. The SMILES string of the molecule is N#Cc1c[nH]c2ccc(O)c(N)c12. The van der Waals surface area contributed by atoms with Crippen molar-refractivity contribution in [1.29, 1.82) is 5.26 Å². The van der Waals surface area contributed by atoms with Gasteiger partial charge in [-0.05, 0) is 12.1 Å². The maximum Gasteiger partial charge on any atom is 0.139 e. The Morgan fingerprint density at radius 2 is 2.23 bits per heavy atom. The Kier molecular flexibility index (Phi) is 1.40. The summed E-state index contributed by atoms with van der Waals surface area (Å²) in [4.78, 5) is 2.89. The van der Waals surface area contributed by atoms with E-state index in [-0.39, 0.29) is 11.4 Å². The maximum atomic E-state index is 9.31. The van der Waals surface area contributed by atoms with Crippen LogP contribution in [0.25, 0.3) is 10.9 Å². The van der Waals surface area contributed by atoms with Crippen molar-refractivity contribution in [3.63, 3.8) is 0 Å². The second kappa shape index (κ2) is 2.42. The lowest BCUT2D eigenvalue weighted by molar-refractivity contribution is 0.478. The third-order valence-electron chi connectivity index (χ3n) is 1.98. The Bertz CT molecular complexity index is 507. The molecule has 64 valence electrons. The largest absolute Gasteiger partial charge is 0.506 e. The van der Waals surface area contributed by atoms with Gasteiger partial charge in [0.25, 0.3) is 0 Å². The molecule has 1 aromatic carbocycles. The number of nitrogen functional groups attached to an aromatic ring is 1. The minimum atomic E-state index is 0.00333. The highest BCUT2D eigenvalue weighted by Crippen LogP contribution is 2.31. The summed E-state index contributed by atoms with van der Waals surface area (Å²) >= 11 is 0. The number of hydrogen-bond acceptors (Lipinski definition) is 3. The first-order valence-corrected chi connectivity index (χ1v) is 3.72. The number of nitrogens with two attached hydrogens (primary N) is 1. The van der Waals surface area contributed by atoms with E-state index in [1.807, 2.05) is 6.07 Å². The van der Waals surface area contributed by atoms with Crippen LogP contribution in [0.2, 0.25) is 0 Å². The van der Waals surface area contributed by atoms with Crippen molar-refractivity contribution in [2.75, 3.05) is 5.73 Å². The number of nitrogens with one attached hydrogen (secondary N) is 1. The lowest BCUT2D eigenvalue weighted by Gasteiger charge is -1.99. The summed E-state index contributed by atoms with van der Waals surface area (Å²) < 4.78 is 0. The van der Waals surface area contributed by atoms with Gasteiger partial charge < -0.3 is 15.8 Å². The number of aromatic hydroxyl groups is 1. The summed E-state index contributed by atoms with van der Waals surface area (Å²) in [5, 5.41) is 18.6. The quantitative estimate of drug-likeness (QED) is 0.415. The number of nitrogens with zero attached hydrogens (tertiary/aromatic N) is 1. The highest BCUT2D eigenvalue weighted by atomic mass is 16.3. The zero-order chi connectivity index (χ0) is 9.42. The Balaban J connectivity index is 2.95. The predicted octanol–water partition coefficient (Wildman–Crippen LogP) is 1.33. The lowest BCUT2D eigenvalue weighted by Crippen LogP contribution is -1.87. The van der Waals surface area contributed by atoms with Gasteiger partial charge in [-0.25, -0.2) is 0 Å². The average Bonchev–Trinajstić information content (AvgIpc) is 2.55. The first kappa shape index (κ1) is 7.50. The van der Waals surface area contributed by atoms with Crippen LogP contribution in [0.3, 0.4) is 0 Å². The monoisotopic (exact) mass is 173 g/mol. The summed E-state index contributed by atoms with van der Waals surface area (Å²) in [7, 11) is 0. The molecule has 4 nitrogen and oxygen atoms in total. The van der Waals surface area contributed by atoms with Crippen molar-refractivity contribution in [2.45, 2.75) is 0 Å². The molecule has 0 saturated heterocycles. The van der Waals surface area contributed by atoms with Crippen molar-refractivity contribution in [1.82, 2.24) is 4.98 Å². The van der Waals surface area contributed by atoms with E-state index in [9.17, 15) is 5.11 Å². The molecule has 0 fully saturated rings. The minimum Gasteiger partial charge on any atom is -0.506 e. The van der Waals surface area contributed by atoms with Crippen LogP contribution in [0.4, 0.5) is 5.69 Å². The normalized spacial score (nSPS) is 10.1. The number of benzene rings is 1. The molecule has 0 amide bonds. The van der Waals surface area contributed by atoms with E-state index in [2.05, 4.69) is 4.98 Å². The van der Waals surface area contributed by atoms with Crippen molar-refractivity contribution in [2.24, 2.45) is 0 Å². The Hall–Kier alpha value is -2.15. The van der Waals surface area contributed by atoms with Gasteiger partial charge in [-0.3, -0.25) is 0 Å². The maximum absolute atomic E-state index is 9.31. The van der Waals surface area contributed by atoms with E-state index in [0.717, 1.165) is 5.52 Å². The third-order valence-corrected chi connectivity index (χ3v) is 1.98. The van der Waals surface area contributed by atoms with E-state index >= 15 is 0 Å². The molecule has 0 atom stereocenters. The number of nitriles is 1. The molecule has 0 bridgehead atoms. The Morgan fingerprint density at radius 3 is 2.92 bits per heavy atom. The molecule has 0 spiro atoms. The van der Waals surface area contributed by atoms with Gasteiger partial charge in [0.15, 0.2) is 0 Å². The van der Waals surface area contributed by atoms with Crippen LogP contribution in [-0.2, 0) is 0 Å². The van der Waals surface area contributed by atoms with E-state index < -0.39 is 0 Å². The fraction of sp³-hybridized carbons (Fsp3) is 0. The zero-order valence-electron chi connectivity index (χ0n) is 6.70. The molecule has 4 heteroatoms. The van der Waals surface area contributed by atoms with E-state index in [1.165, 1.54) is 6.07 Å². The number of aromatic nitrogens is 1. The molecule has 1 aromatic heterocycles. The van der Waals surface area contributed by atoms with Crippen molar-refractivity contribution in [3.8, 4) is 11.8 Å². The smallest absolute Gasteiger partial charge is 0.139 e. The molecule has 0 aliphatic heterocycles. The second-order valence-corrected chi connectivity index (χ2v) is 2.74. The number of hydrogen-bond donors (Lipinski definition) is 3. The van der Waals surface area contributed by atoms with Crippen LogP contribution in [0, 0.1) is 11.3 Å². The summed E-state index contributed by atoms with van der Waals surface area (Å²) in [6, 6.07) is 5.17. The summed E-state index contributed by atoms with van der Waals surface area (Å²) in [5.74, 6) is 0.00333. The fourth-order valence-electron chi connectivity index (χ4n) is 1.33. The van der Waals surface area contributed by atoms with Crippen LogP contribution in [0.15, 0.2) is 18.3 Å². The molecule has 0 saturated carbocycles. The minimum absolute atomic E-state index is 0.00333. The van der Waals surface area contributed by atoms with Gasteiger partial charge in [0.2, 0.25) is 0 Å². The molecule has 0 unspecified atom stereocenters. The number of aromatic amines is 1. The van der Waals surface area contributed by atoms with E-state index in [0.29, 0.717) is 10.9 Å². The van der Waals surface area contributed by atoms with Gasteiger partial charge >= 0.3 is 0 Å². The standard InChI is InChI=1S/C9H7N3O/c10-3-5-4-12-6-1-2-7(13)9(11)8(5)6/h1-2,4,12-13H,11H2. The summed E-state index contributed by atoms with van der Waals surface area (Å²) in [6.07, 6.45) is 1.57. The number of rotatable bonds is 0. The first-order chi connectivity index (χ1) is 6.24. The highest BCUT2D eigenvalue weighted by Gasteiger charge is 2.08. The molecule has 13 heavy (non-hydrogen) atoms. The number of fused-ring (bicyclic) bond motifs is 1. The van der Waals surface area contributed by atoms with Gasteiger partial charge in [0, 0.05) is 17.1 Å². The predicted molar refractivity (Wildman–Crippen MR) is 49.1 cm³/mol. The van der Waals surface area contributed by atoms with Gasteiger partial charge in [-0.2, -0.15) is 5.26 Å². The Labute approximate surface area is 74.2 Å². The molecule has 0 radical (unpaired) electrons. The molecule has 0 aliphatic rings. The molecule has 1 heterocycles. The zero-order valence-corrected chi connectivity index (χ0v) is 6.70. The van der Waals surface area contributed by atoms with Crippen LogP contribution >= 0.6 is 0 Å². The lowest BCUT2D eigenvalue weighted by atomic mass is 10.1. The molecule has 2 rings (SSSR count). The van der Waals surface area contributed by atoms with Crippen LogP contribution in [0.5, 0.6) is 5.75 Å². The third kappa shape index (κ3) is 0.908. The number of anilines is 1. The van der Waals surface area contributed by atoms with Gasteiger partial charge in [-0.1, -0.05) is 0 Å². The fourth-order valence-corrected chi connectivity index (χ4v) is 1.33. The van der Waals surface area contributed by atoms with Gasteiger partial charge in [0.05, 0.1) is 11.3 Å². The molecular weight excluding hydrogens is 166 g/mol. The molecule has 4 N–H and O–H groups in total. The van der Waals surface area contributed by atoms with E-state index in [4.69, 9.17) is 11.0 Å². The van der Waals surface area contributed by atoms with Crippen molar-refractivity contribution >= 4 is 16.6 Å². The van der Waals surface area contributed by atoms with Gasteiger partial charge in [-0.15, -0.1) is 0 Å². The summed E-state index contributed by atoms with van der Waals surface area (Å²) in [5.41, 5.74) is 7.07. The molecule has 2 aromatic rings. The van der Waals surface area contributed by atoms with Crippen LogP contribution in [0.1, 0.15) is 5.56 Å². The number of H-pyrrole nitrogens is 1. The average molecular weight is 173 g/mol. The van der Waals surface area contributed by atoms with Crippen molar-refractivity contribution in [3.05, 3.63) is 23.9 Å². The van der Waals surface area contributed by atoms with Crippen LogP contribution < -0.4 is 5.73 Å². The number of phenolic OH excluding ortho intramolecular Hbond substituents is 1. The highest BCUT2D eigenvalue weighted by molar-refractivity contribution is 5.98. The summed E-state index contributed by atoms with van der Waals surface area (Å²) in [6.45, 7) is 0. The first-order valence-electron chi connectivity index (χ1n) is 3.72. The van der Waals surface area contributed by atoms with Gasteiger partial charge in [0.1, 0.15) is 11.8 Å².